The molecule has 0 aliphatic heterocycles. The minimum Gasteiger partial charge on any atom is -0.461 e. The molecule has 8 heteroatoms. The van der Waals surface area contributed by atoms with E-state index in [0.717, 1.165) is 0 Å². The summed E-state index contributed by atoms with van der Waals surface area (Å²) in [5, 5.41) is 3.03. The molecule has 0 amide bonds. The van der Waals surface area contributed by atoms with E-state index in [-0.39, 0.29) is 11.3 Å². The molecule has 0 saturated heterocycles. The van der Waals surface area contributed by atoms with Crippen LogP contribution in [0.15, 0.2) is 0 Å². The van der Waals surface area contributed by atoms with Gasteiger partial charge in [0.2, 0.25) is 11.2 Å². The van der Waals surface area contributed by atoms with Gasteiger partial charge in [-0.2, -0.15) is 15.0 Å². The first-order valence-corrected chi connectivity index (χ1v) is 5.99. The van der Waals surface area contributed by atoms with Gasteiger partial charge in [-0.3, -0.25) is 0 Å². The fraction of sp³-hybridized carbons (Fsp3) is 0.700. The summed E-state index contributed by atoms with van der Waals surface area (Å²) in [7, 11) is 1.62. The molecule has 1 rings (SSSR count). The van der Waals surface area contributed by atoms with Gasteiger partial charge in [0.05, 0.1) is 19.8 Å². The van der Waals surface area contributed by atoms with Crippen molar-refractivity contribution in [1.82, 2.24) is 15.0 Å². The summed E-state index contributed by atoms with van der Waals surface area (Å²) in [4.78, 5) is 11.8. The molecular formula is C10H17ClN4O3. The monoisotopic (exact) mass is 276 g/mol. The van der Waals surface area contributed by atoms with Gasteiger partial charge in [-0.15, -0.1) is 0 Å². The molecule has 0 aliphatic rings. The SMILES string of the molecule is CCNc1nc(Cl)nc(OCCOCCOC)n1. The van der Waals surface area contributed by atoms with Crippen LogP contribution in [0.1, 0.15) is 6.92 Å². The van der Waals surface area contributed by atoms with Gasteiger partial charge in [-0.1, -0.05) is 0 Å². The molecule has 0 fully saturated rings. The Morgan fingerprint density at radius 1 is 1.11 bits per heavy atom. The van der Waals surface area contributed by atoms with E-state index in [4.69, 9.17) is 25.8 Å². The Kier molecular flexibility index (Phi) is 7.31. The fourth-order valence-electron chi connectivity index (χ4n) is 1.07. The van der Waals surface area contributed by atoms with Crippen molar-refractivity contribution >= 4 is 17.5 Å². The predicted octanol–water partition coefficient (Wildman–Crippen LogP) is 0.999. The average molecular weight is 277 g/mol. The summed E-state index contributed by atoms with van der Waals surface area (Å²) >= 11 is 5.74. The number of halogens is 1. The molecule has 102 valence electrons. The predicted molar refractivity (Wildman–Crippen MR) is 67.2 cm³/mol. The third-order valence-electron chi connectivity index (χ3n) is 1.81. The summed E-state index contributed by atoms with van der Waals surface area (Å²) < 4.78 is 15.4. The normalized spacial score (nSPS) is 10.4. The van der Waals surface area contributed by atoms with Crippen LogP contribution in [0.4, 0.5) is 5.95 Å². The zero-order valence-electron chi connectivity index (χ0n) is 10.5. The number of hydrogen-bond acceptors (Lipinski definition) is 7. The third-order valence-corrected chi connectivity index (χ3v) is 1.98. The van der Waals surface area contributed by atoms with E-state index in [1.54, 1.807) is 7.11 Å². The van der Waals surface area contributed by atoms with Crippen LogP contribution in [0.3, 0.4) is 0 Å². The highest BCUT2D eigenvalue weighted by Gasteiger charge is 2.05. The van der Waals surface area contributed by atoms with Crippen LogP contribution in [0.2, 0.25) is 5.28 Å². The highest BCUT2D eigenvalue weighted by molar-refractivity contribution is 6.28. The first-order chi connectivity index (χ1) is 8.76. The first-order valence-electron chi connectivity index (χ1n) is 5.61. The zero-order valence-corrected chi connectivity index (χ0v) is 11.2. The van der Waals surface area contributed by atoms with E-state index in [9.17, 15) is 0 Å². The second-order valence-electron chi connectivity index (χ2n) is 3.19. The Hall–Kier alpha value is -1.18. The number of methoxy groups -OCH3 is 1. The molecule has 0 bridgehead atoms. The Balaban J connectivity index is 2.32. The van der Waals surface area contributed by atoms with Gasteiger partial charge in [0, 0.05) is 13.7 Å². The van der Waals surface area contributed by atoms with Gasteiger partial charge in [-0.05, 0) is 18.5 Å². The summed E-state index contributed by atoms with van der Waals surface area (Å²) in [6.07, 6.45) is 0. The molecule has 7 nitrogen and oxygen atoms in total. The molecule has 0 unspecified atom stereocenters. The minimum atomic E-state index is 0.0938. The molecule has 0 radical (unpaired) electrons. The van der Waals surface area contributed by atoms with Crippen molar-refractivity contribution in [2.45, 2.75) is 6.92 Å². The van der Waals surface area contributed by atoms with Crippen molar-refractivity contribution in [3.63, 3.8) is 0 Å². The highest BCUT2D eigenvalue weighted by Crippen LogP contribution is 2.10. The lowest BCUT2D eigenvalue weighted by molar-refractivity contribution is 0.0528. The molecule has 1 heterocycles. The van der Waals surface area contributed by atoms with Crippen LogP contribution in [0.25, 0.3) is 0 Å². The summed E-state index contributed by atoms with van der Waals surface area (Å²) in [6, 6.07) is 0.182. The summed E-state index contributed by atoms with van der Waals surface area (Å²) in [5.74, 6) is 0.396. The largest absolute Gasteiger partial charge is 0.461 e. The number of hydrogen-bond donors (Lipinski definition) is 1. The van der Waals surface area contributed by atoms with E-state index in [1.165, 1.54) is 0 Å². The van der Waals surface area contributed by atoms with Crippen molar-refractivity contribution in [2.75, 3.05) is 45.4 Å². The Morgan fingerprint density at radius 2 is 1.89 bits per heavy atom. The molecule has 0 aromatic carbocycles. The molecule has 1 aromatic rings. The molecule has 1 aromatic heterocycles. The number of nitrogens with zero attached hydrogens (tertiary/aromatic N) is 3. The molecular weight excluding hydrogens is 260 g/mol. The third kappa shape index (κ3) is 5.95. The van der Waals surface area contributed by atoms with Gasteiger partial charge in [0.25, 0.3) is 0 Å². The molecule has 18 heavy (non-hydrogen) atoms. The fourth-order valence-corrected chi connectivity index (χ4v) is 1.22. The van der Waals surface area contributed by atoms with Crippen molar-refractivity contribution in [3.8, 4) is 6.01 Å². The maximum atomic E-state index is 5.74. The summed E-state index contributed by atoms with van der Waals surface area (Å²) in [6.45, 7) is 4.49. The number of rotatable bonds is 9. The maximum absolute atomic E-state index is 5.74. The van der Waals surface area contributed by atoms with Gasteiger partial charge in [-0.25, -0.2) is 0 Å². The standard InChI is InChI=1S/C10H17ClN4O3/c1-3-12-9-13-8(11)14-10(15-9)18-7-6-17-5-4-16-2/h3-7H2,1-2H3,(H,12,13,14,15). The van der Waals surface area contributed by atoms with Crippen LogP contribution in [0.5, 0.6) is 6.01 Å². The molecule has 0 aliphatic carbocycles. The van der Waals surface area contributed by atoms with E-state index >= 15 is 0 Å². The topological polar surface area (TPSA) is 78.4 Å². The van der Waals surface area contributed by atoms with Crippen molar-refractivity contribution in [3.05, 3.63) is 5.28 Å². The quantitative estimate of drug-likeness (QED) is 0.674. The second-order valence-corrected chi connectivity index (χ2v) is 3.53. The minimum absolute atomic E-state index is 0.0938. The Labute approximate surface area is 111 Å². The Morgan fingerprint density at radius 3 is 2.61 bits per heavy atom. The van der Waals surface area contributed by atoms with E-state index in [1.807, 2.05) is 6.92 Å². The van der Waals surface area contributed by atoms with Crippen LogP contribution in [-0.4, -0.2) is 55.0 Å². The van der Waals surface area contributed by atoms with Gasteiger partial charge in [0.15, 0.2) is 0 Å². The van der Waals surface area contributed by atoms with E-state index < -0.39 is 0 Å². The van der Waals surface area contributed by atoms with Crippen LogP contribution in [0, 0.1) is 0 Å². The molecule has 1 N–H and O–H groups in total. The molecule has 0 saturated carbocycles. The van der Waals surface area contributed by atoms with Crippen LogP contribution in [-0.2, 0) is 9.47 Å². The summed E-state index contributed by atoms with van der Waals surface area (Å²) in [5.41, 5.74) is 0. The van der Waals surface area contributed by atoms with Crippen LogP contribution >= 0.6 is 11.6 Å². The maximum Gasteiger partial charge on any atom is 0.322 e. The average Bonchev–Trinajstić information content (AvgIpc) is 2.33. The molecule has 0 atom stereocenters. The van der Waals surface area contributed by atoms with E-state index in [0.29, 0.717) is 38.9 Å². The lowest BCUT2D eigenvalue weighted by Gasteiger charge is -2.07. The number of nitrogens with one attached hydrogen (secondary N) is 1. The lowest BCUT2D eigenvalue weighted by atomic mass is 10.7. The van der Waals surface area contributed by atoms with Crippen molar-refractivity contribution in [2.24, 2.45) is 0 Å². The van der Waals surface area contributed by atoms with Gasteiger partial charge >= 0.3 is 6.01 Å². The van der Waals surface area contributed by atoms with Crippen molar-refractivity contribution in [1.29, 1.82) is 0 Å². The smallest absolute Gasteiger partial charge is 0.322 e. The van der Waals surface area contributed by atoms with E-state index in [2.05, 4.69) is 20.3 Å². The van der Waals surface area contributed by atoms with Gasteiger partial charge < -0.3 is 19.5 Å². The number of aromatic nitrogens is 3. The number of anilines is 1. The highest BCUT2D eigenvalue weighted by atomic mass is 35.5. The van der Waals surface area contributed by atoms with Gasteiger partial charge in [0.1, 0.15) is 6.61 Å². The van der Waals surface area contributed by atoms with Crippen molar-refractivity contribution < 1.29 is 14.2 Å². The zero-order chi connectivity index (χ0) is 13.2. The first kappa shape index (κ1) is 14.9. The number of ether oxygens (including phenoxy) is 3. The van der Waals surface area contributed by atoms with Crippen LogP contribution < -0.4 is 10.1 Å². The second kappa shape index (κ2) is 8.84. The Bertz CT molecular complexity index is 354. The lowest BCUT2D eigenvalue weighted by Crippen LogP contribution is -2.12. The molecule has 0 spiro atoms.